The molecule has 0 amide bonds. The van der Waals surface area contributed by atoms with Crippen molar-refractivity contribution in [1.29, 1.82) is 0 Å². The molecule has 0 saturated heterocycles. The van der Waals surface area contributed by atoms with Gasteiger partial charge >= 0.3 is 5.97 Å². The number of rotatable bonds is 14. The van der Waals surface area contributed by atoms with E-state index < -0.39 is 18.3 Å². The summed E-state index contributed by atoms with van der Waals surface area (Å²) in [5, 5.41) is 29.3. The molecule has 0 aliphatic rings. The average molecular weight is 366 g/mol. The molecule has 0 aliphatic carbocycles. The van der Waals surface area contributed by atoms with Gasteiger partial charge in [-0.2, -0.15) is 0 Å². The van der Waals surface area contributed by atoms with Crippen molar-refractivity contribution in [3.8, 4) is 0 Å². The van der Waals surface area contributed by atoms with E-state index in [-0.39, 0.29) is 5.97 Å². The summed E-state index contributed by atoms with van der Waals surface area (Å²) in [5.74, 6) is -0.266. The molecule has 26 heavy (non-hydrogen) atoms. The number of carbonyl (C=O) groups is 1. The smallest absolute Gasteiger partial charge is 0.305 e. The van der Waals surface area contributed by atoms with Crippen LogP contribution in [0.5, 0.6) is 0 Å². The first-order valence-corrected chi connectivity index (χ1v) is 9.30. The number of aliphatic hydroxyl groups excluding tert-OH is 3. The molecule has 5 nitrogen and oxygen atoms in total. The number of ether oxygens (including phenoxy) is 1. The second-order valence-corrected chi connectivity index (χ2v) is 6.13. The predicted octanol–water partition coefficient (Wildman–Crippen LogP) is 3.22. The predicted molar refractivity (Wildman–Crippen MR) is 105 cm³/mol. The highest BCUT2D eigenvalue weighted by atomic mass is 16.5. The van der Waals surface area contributed by atoms with Crippen LogP contribution in [0.25, 0.3) is 0 Å². The van der Waals surface area contributed by atoms with E-state index in [1.807, 2.05) is 0 Å². The first-order valence-electron chi connectivity index (χ1n) is 9.30. The summed E-state index contributed by atoms with van der Waals surface area (Å²) >= 11 is 0. The third kappa shape index (κ3) is 14.6. The molecule has 3 N–H and O–H groups in total. The van der Waals surface area contributed by atoms with E-state index >= 15 is 0 Å². The molecule has 0 spiro atoms. The van der Waals surface area contributed by atoms with Gasteiger partial charge in [0, 0.05) is 6.42 Å². The zero-order valence-electron chi connectivity index (χ0n) is 16.0. The molecular formula is C21H34O5. The summed E-state index contributed by atoms with van der Waals surface area (Å²) in [6.45, 7) is 2.10. The number of esters is 1. The van der Waals surface area contributed by atoms with Gasteiger partial charge in [-0.05, 0) is 19.3 Å². The Morgan fingerprint density at radius 2 is 1.50 bits per heavy atom. The third-order valence-corrected chi connectivity index (χ3v) is 3.80. The highest BCUT2D eigenvalue weighted by Gasteiger charge is 2.11. The zero-order valence-corrected chi connectivity index (χ0v) is 16.0. The summed E-state index contributed by atoms with van der Waals surface area (Å²) < 4.78 is 4.53. The first kappa shape index (κ1) is 24.3. The van der Waals surface area contributed by atoms with Crippen molar-refractivity contribution in [2.24, 2.45) is 0 Å². The second kappa shape index (κ2) is 16.8. The van der Waals surface area contributed by atoms with E-state index in [9.17, 15) is 20.1 Å². The summed E-state index contributed by atoms with van der Waals surface area (Å²) in [4.78, 5) is 10.9. The van der Waals surface area contributed by atoms with Crippen molar-refractivity contribution in [3.05, 3.63) is 48.6 Å². The van der Waals surface area contributed by atoms with Crippen LogP contribution in [0.15, 0.2) is 48.6 Å². The topological polar surface area (TPSA) is 87.0 Å². The van der Waals surface area contributed by atoms with Crippen molar-refractivity contribution in [3.63, 3.8) is 0 Å². The monoisotopic (exact) mass is 366 g/mol. The normalized spacial score (nSPS) is 16.0. The number of allylic oxidation sites excluding steroid dienone is 6. The van der Waals surface area contributed by atoms with Crippen LogP contribution in [0, 0.1) is 0 Å². The van der Waals surface area contributed by atoms with Gasteiger partial charge in [-0.15, -0.1) is 0 Å². The van der Waals surface area contributed by atoms with Crippen LogP contribution in [0.1, 0.15) is 51.9 Å². The van der Waals surface area contributed by atoms with Gasteiger partial charge in [-0.25, -0.2) is 0 Å². The van der Waals surface area contributed by atoms with Gasteiger partial charge in [-0.3, -0.25) is 4.79 Å². The van der Waals surface area contributed by atoms with Crippen molar-refractivity contribution in [2.45, 2.75) is 70.2 Å². The Labute approximate surface area is 157 Å². The number of methoxy groups -OCH3 is 1. The highest BCUT2D eigenvalue weighted by Crippen LogP contribution is 2.07. The largest absolute Gasteiger partial charge is 0.469 e. The Kier molecular flexibility index (Phi) is 15.7. The lowest BCUT2D eigenvalue weighted by Crippen LogP contribution is -2.23. The van der Waals surface area contributed by atoms with Gasteiger partial charge in [0.05, 0.1) is 25.4 Å². The molecule has 0 aromatic carbocycles. The SMILES string of the molecule is CCCCC[C@@H](O)[C@H](O)/C=C/C=C/C=C\C=C\[C@@H](O)CCCC(=O)OC. The van der Waals surface area contributed by atoms with Gasteiger partial charge in [0.15, 0.2) is 0 Å². The minimum Gasteiger partial charge on any atom is -0.469 e. The molecule has 3 atom stereocenters. The van der Waals surface area contributed by atoms with E-state index in [0.717, 1.165) is 19.3 Å². The van der Waals surface area contributed by atoms with Crippen molar-refractivity contribution < 1.29 is 24.9 Å². The highest BCUT2D eigenvalue weighted by molar-refractivity contribution is 5.68. The lowest BCUT2D eigenvalue weighted by molar-refractivity contribution is -0.140. The summed E-state index contributed by atoms with van der Waals surface area (Å²) in [7, 11) is 1.35. The fourth-order valence-electron chi connectivity index (χ4n) is 2.18. The Morgan fingerprint density at radius 3 is 2.12 bits per heavy atom. The Hall–Kier alpha value is -1.69. The van der Waals surface area contributed by atoms with Crippen molar-refractivity contribution >= 4 is 5.97 Å². The van der Waals surface area contributed by atoms with Gasteiger partial charge in [0.25, 0.3) is 0 Å². The van der Waals surface area contributed by atoms with Crippen LogP contribution < -0.4 is 0 Å². The Morgan fingerprint density at radius 1 is 0.885 bits per heavy atom. The van der Waals surface area contributed by atoms with Gasteiger partial charge in [0.1, 0.15) is 0 Å². The minimum atomic E-state index is -0.847. The fraction of sp³-hybridized carbons (Fsp3) is 0.571. The van der Waals surface area contributed by atoms with E-state index in [1.165, 1.54) is 7.11 Å². The van der Waals surface area contributed by atoms with Crippen LogP contribution in [0.2, 0.25) is 0 Å². The molecule has 0 bridgehead atoms. The molecule has 0 rings (SSSR count). The summed E-state index contributed by atoms with van der Waals surface area (Å²) in [5.41, 5.74) is 0. The Bertz CT molecular complexity index is 465. The molecule has 148 valence electrons. The van der Waals surface area contributed by atoms with E-state index in [0.29, 0.717) is 25.7 Å². The van der Waals surface area contributed by atoms with E-state index in [1.54, 1.807) is 48.6 Å². The molecule has 0 fully saturated rings. The molecule has 0 saturated carbocycles. The van der Waals surface area contributed by atoms with Crippen molar-refractivity contribution in [2.75, 3.05) is 7.11 Å². The molecule has 0 heterocycles. The summed E-state index contributed by atoms with van der Waals surface area (Å²) in [6, 6.07) is 0. The number of hydrogen-bond acceptors (Lipinski definition) is 5. The lowest BCUT2D eigenvalue weighted by Gasteiger charge is -2.13. The number of unbranched alkanes of at least 4 members (excludes halogenated alkanes) is 2. The lowest BCUT2D eigenvalue weighted by atomic mass is 10.1. The maximum Gasteiger partial charge on any atom is 0.305 e. The van der Waals surface area contributed by atoms with Gasteiger partial charge in [-0.1, -0.05) is 74.8 Å². The molecule has 0 aliphatic heterocycles. The second-order valence-electron chi connectivity index (χ2n) is 6.13. The van der Waals surface area contributed by atoms with Crippen LogP contribution in [-0.4, -0.2) is 46.7 Å². The number of carbonyl (C=O) groups excluding carboxylic acids is 1. The molecule has 0 unspecified atom stereocenters. The quantitative estimate of drug-likeness (QED) is 0.250. The number of aliphatic hydroxyl groups is 3. The van der Waals surface area contributed by atoms with Crippen LogP contribution >= 0.6 is 0 Å². The number of hydrogen-bond donors (Lipinski definition) is 3. The van der Waals surface area contributed by atoms with Crippen LogP contribution in [0.4, 0.5) is 0 Å². The fourth-order valence-corrected chi connectivity index (χ4v) is 2.18. The molecule has 0 aromatic heterocycles. The average Bonchev–Trinajstić information content (AvgIpc) is 2.63. The van der Waals surface area contributed by atoms with Gasteiger partial charge in [0.2, 0.25) is 0 Å². The standard InChI is InChI=1S/C21H34O5/c1-3-4-9-15-19(23)20(24)16-11-8-6-5-7-10-13-18(22)14-12-17-21(25)26-2/h5-8,10-11,13,16,18-20,22-24H,3-4,9,12,14-15,17H2,1-2H3/b7-5-,8-6+,13-10+,16-11+/t18-,19-,20-/m1/s1. The minimum absolute atomic E-state index is 0.266. The molecule has 0 aromatic rings. The van der Waals surface area contributed by atoms with Gasteiger partial charge < -0.3 is 20.1 Å². The van der Waals surface area contributed by atoms with Crippen molar-refractivity contribution in [1.82, 2.24) is 0 Å². The van der Waals surface area contributed by atoms with E-state index in [4.69, 9.17) is 0 Å². The van der Waals surface area contributed by atoms with Crippen LogP contribution in [0.3, 0.4) is 0 Å². The van der Waals surface area contributed by atoms with Crippen LogP contribution in [-0.2, 0) is 9.53 Å². The third-order valence-electron chi connectivity index (χ3n) is 3.80. The zero-order chi connectivity index (χ0) is 19.6. The molecule has 0 radical (unpaired) electrons. The maximum absolute atomic E-state index is 10.9. The molecular weight excluding hydrogens is 332 g/mol. The molecule has 5 heteroatoms. The first-order chi connectivity index (χ1) is 12.5. The Balaban J connectivity index is 3.96. The van der Waals surface area contributed by atoms with E-state index in [2.05, 4.69) is 11.7 Å². The summed E-state index contributed by atoms with van der Waals surface area (Å²) in [6.07, 6.45) is 16.7. The maximum atomic E-state index is 10.9.